The summed E-state index contributed by atoms with van der Waals surface area (Å²) in [6, 6.07) is 26.0. The first-order valence-electron chi connectivity index (χ1n) is 11.2. The minimum Gasteiger partial charge on any atom is -0.318 e. The van der Waals surface area contributed by atoms with Crippen LogP contribution in [0.4, 0.5) is 5.69 Å². The van der Waals surface area contributed by atoms with Crippen LogP contribution < -0.4 is 9.73 Å². The quantitative estimate of drug-likeness (QED) is 0.259. The Morgan fingerprint density at radius 3 is 2.31 bits per heavy atom. The van der Waals surface area contributed by atoms with Crippen molar-refractivity contribution in [2.75, 3.05) is 10.8 Å². The number of sulfonamides is 1. The number of carbonyl (C=O) groups excluding carboxylic acids is 1. The maximum absolute atomic E-state index is 13.3. The van der Waals surface area contributed by atoms with Gasteiger partial charge in [-0.1, -0.05) is 54.1 Å². The third-order valence-corrected chi connectivity index (χ3v) is 7.62. The van der Waals surface area contributed by atoms with Crippen molar-refractivity contribution >= 4 is 39.4 Å². The number of nitrogens with one attached hydrogen (secondary N) is 1. The number of hydrogen-bond acceptors (Lipinski definition) is 4. The van der Waals surface area contributed by atoms with Crippen LogP contribution in [0.2, 0.25) is 5.02 Å². The van der Waals surface area contributed by atoms with E-state index in [1.807, 2.05) is 48.7 Å². The summed E-state index contributed by atoms with van der Waals surface area (Å²) >= 11 is 6.15. The lowest BCUT2D eigenvalue weighted by Gasteiger charge is -2.23. The fourth-order valence-corrected chi connectivity index (χ4v) is 5.53. The predicted octanol–water partition coefficient (Wildman–Crippen LogP) is 5.09. The summed E-state index contributed by atoms with van der Waals surface area (Å²) in [7, 11) is -3.96. The van der Waals surface area contributed by atoms with Gasteiger partial charge in [-0.05, 0) is 62.4 Å². The first-order chi connectivity index (χ1) is 17.3. The van der Waals surface area contributed by atoms with Crippen LogP contribution in [-0.2, 0) is 14.8 Å². The van der Waals surface area contributed by atoms with Gasteiger partial charge in [-0.2, -0.15) is 5.10 Å². The topological polar surface area (TPSA) is 83.8 Å². The molecule has 0 radical (unpaired) electrons. The van der Waals surface area contributed by atoms with E-state index in [0.717, 1.165) is 26.9 Å². The summed E-state index contributed by atoms with van der Waals surface area (Å²) in [6.07, 6.45) is 1.54. The fourth-order valence-electron chi connectivity index (χ4n) is 3.90. The monoisotopic (exact) mass is 520 g/mol. The second-order valence-electron chi connectivity index (χ2n) is 8.10. The summed E-state index contributed by atoms with van der Waals surface area (Å²) in [4.78, 5) is 12.9. The number of aromatic nitrogens is 1. The van der Waals surface area contributed by atoms with Crippen molar-refractivity contribution in [2.45, 2.75) is 18.7 Å². The molecule has 0 bridgehead atoms. The molecular weight excluding hydrogens is 496 g/mol. The Morgan fingerprint density at radius 2 is 1.64 bits per heavy atom. The van der Waals surface area contributed by atoms with Gasteiger partial charge >= 0.3 is 0 Å². The Kier molecular flexibility index (Phi) is 7.57. The number of halogens is 1. The zero-order valence-corrected chi connectivity index (χ0v) is 21.4. The van der Waals surface area contributed by atoms with Gasteiger partial charge < -0.3 is 4.57 Å². The molecule has 0 saturated heterocycles. The van der Waals surface area contributed by atoms with Gasteiger partial charge in [0.05, 0.1) is 16.8 Å². The number of carbonyl (C=O) groups is 1. The highest BCUT2D eigenvalue weighted by atomic mass is 35.5. The Labute approximate surface area is 215 Å². The lowest BCUT2D eigenvalue weighted by Crippen LogP contribution is -2.39. The van der Waals surface area contributed by atoms with Crippen LogP contribution in [0.5, 0.6) is 0 Å². The van der Waals surface area contributed by atoms with Crippen LogP contribution in [-0.4, -0.2) is 31.7 Å². The van der Waals surface area contributed by atoms with Gasteiger partial charge in [0.25, 0.3) is 15.9 Å². The largest absolute Gasteiger partial charge is 0.318 e. The van der Waals surface area contributed by atoms with Gasteiger partial charge in [-0.25, -0.2) is 13.8 Å². The molecule has 4 aromatic rings. The number of anilines is 1. The first kappa shape index (κ1) is 25.2. The molecule has 0 spiro atoms. The highest BCUT2D eigenvalue weighted by Crippen LogP contribution is 2.24. The summed E-state index contributed by atoms with van der Waals surface area (Å²) in [5, 5.41) is 4.72. The van der Waals surface area contributed by atoms with Crippen molar-refractivity contribution in [3.63, 3.8) is 0 Å². The Morgan fingerprint density at radius 1 is 0.972 bits per heavy atom. The number of rotatable bonds is 8. The predicted molar refractivity (Wildman–Crippen MR) is 143 cm³/mol. The van der Waals surface area contributed by atoms with Gasteiger partial charge in [-0.15, -0.1) is 0 Å². The number of amides is 1. The molecule has 184 valence electrons. The van der Waals surface area contributed by atoms with Gasteiger partial charge in [0.15, 0.2) is 0 Å². The Balaban J connectivity index is 1.53. The third-order valence-electron chi connectivity index (χ3n) is 5.59. The number of benzene rings is 3. The zero-order valence-electron chi connectivity index (χ0n) is 19.8. The highest BCUT2D eigenvalue weighted by Gasteiger charge is 2.26. The third kappa shape index (κ3) is 5.50. The minimum absolute atomic E-state index is 0.0959. The van der Waals surface area contributed by atoms with E-state index in [2.05, 4.69) is 10.5 Å². The summed E-state index contributed by atoms with van der Waals surface area (Å²) in [5.74, 6) is -0.571. The molecule has 1 aromatic heterocycles. The lowest BCUT2D eigenvalue weighted by molar-refractivity contribution is -0.119. The molecule has 0 aliphatic rings. The highest BCUT2D eigenvalue weighted by molar-refractivity contribution is 7.92. The SMILES string of the molecule is Cc1cc(/C=N\NC(=O)CN(c2ccccc2)S(=O)(=O)c2ccccc2)c(C)n1-c1cccc(Cl)c1. The van der Waals surface area contributed by atoms with Crippen molar-refractivity contribution in [1.82, 2.24) is 9.99 Å². The molecule has 1 heterocycles. The molecule has 0 aliphatic heterocycles. The molecule has 9 heteroatoms. The van der Waals surface area contributed by atoms with Crippen molar-refractivity contribution in [3.05, 3.63) is 113 Å². The normalized spacial score (nSPS) is 11.5. The summed E-state index contributed by atoms with van der Waals surface area (Å²) in [6.45, 7) is 3.48. The minimum atomic E-state index is -3.96. The summed E-state index contributed by atoms with van der Waals surface area (Å²) in [5.41, 5.74) is 6.47. The number of nitrogens with zero attached hydrogens (tertiary/aromatic N) is 3. The lowest BCUT2D eigenvalue weighted by atomic mass is 10.2. The maximum Gasteiger partial charge on any atom is 0.264 e. The molecular formula is C27H25ClN4O3S. The molecule has 4 rings (SSSR count). The molecule has 0 unspecified atom stereocenters. The van der Waals surface area contributed by atoms with Crippen LogP contribution >= 0.6 is 11.6 Å². The first-order valence-corrected chi connectivity index (χ1v) is 13.0. The molecule has 0 fully saturated rings. The van der Waals surface area contributed by atoms with Crippen LogP contribution in [0.3, 0.4) is 0 Å². The van der Waals surface area contributed by atoms with Crippen molar-refractivity contribution < 1.29 is 13.2 Å². The van der Waals surface area contributed by atoms with E-state index in [1.165, 1.54) is 12.1 Å². The van der Waals surface area contributed by atoms with Crippen LogP contribution in [0.1, 0.15) is 17.0 Å². The molecule has 3 aromatic carbocycles. The van der Waals surface area contributed by atoms with E-state index >= 15 is 0 Å². The average molecular weight is 521 g/mol. The number of para-hydroxylation sites is 1. The van der Waals surface area contributed by atoms with Crippen molar-refractivity contribution in [3.8, 4) is 5.69 Å². The van der Waals surface area contributed by atoms with E-state index in [-0.39, 0.29) is 4.90 Å². The van der Waals surface area contributed by atoms with Crippen LogP contribution in [0.15, 0.2) is 101 Å². The van der Waals surface area contributed by atoms with Gasteiger partial charge in [0.2, 0.25) is 0 Å². The van der Waals surface area contributed by atoms with Crippen molar-refractivity contribution in [2.24, 2.45) is 5.10 Å². The molecule has 1 amide bonds. The van der Waals surface area contributed by atoms with Crippen molar-refractivity contribution in [1.29, 1.82) is 0 Å². The van der Waals surface area contributed by atoms with E-state index in [9.17, 15) is 13.2 Å². The fraction of sp³-hybridized carbons (Fsp3) is 0.111. The summed E-state index contributed by atoms with van der Waals surface area (Å²) < 4.78 is 29.7. The van der Waals surface area contributed by atoms with E-state index < -0.39 is 22.5 Å². The molecule has 36 heavy (non-hydrogen) atoms. The molecule has 1 N–H and O–H groups in total. The van der Waals surface area contributed by atoms with Gasteiger partial charge in [0, 0.05) is 27.7 Å². The van der Waals surface area contributed by atoms with Crippen LogP contribution in [0, 0.1) is 13.8 Å². The van der Waals surface area contributed by atoms with E-state index in [1.54, 1.807) is 54.7 Å². The van der Waals surface area contributed by atoms with E-state index in [0.29, 0.717) is 10.7 Å². The standard InChI is InChI=1S/C27H25ClN4O3S/c1-20-16-22(21(2)32(20)25-13-9-10-23(28)17-25)18-29-30-27(33)19-31(24-11-5-3-6-12-24)36(34,35)26-14-7-4-8-15-26/h3-18H,19H2,1-2H3,(H,30,33)/b29-18-. The van der Waals surface area contributed by atoms with Crippen LogP contribution in [0.25, 0.3) is 5.69 Å². The Hall–Kier alpha value is -3.88. The maximum atomic E-state index is 13.3. The smallest absolute Gasteiger partial charge is 0.264 e. The number of hydrazone groups is 1. The molecule has 7 nitrogen and oxygen atoms in total. The number of aryl methyl sites for hydroxylation is 1. The second-order valence-corrected chi connectivity index (χ2v) is 10.4. The second kappa shape index (κ2) is 10.8. The number of hydrogen-bond donors (Lipinski definition) is 1. The van der Waals surface area contributed by atoms with Gasteiger partial charge in [-0.3, -0.25) is 9.10 Å². The average Bonchev–Trinajstić information content (AvgIpc) is 3.16. The molecule has 0 aliphatic carbocycles. The van der Waals surface area contributed by atoms with E-state index in [4.69, 9.17) is 11.6 Å². The molecule has 0 atom stereocenters. The zero-order chi connectivity index (χ0) is 25.7. The van der Waals surface area contributed by atoms with Gasteiger partial charge in [0.1, 0.15) is 6.54 Å². The Bertz CT molecular complexity index is 1500. The molecule has 0 saturated carbocycles.